The van der Waals surface area contributed by atoms with Crippen molar-refractivity contribution < 1.29 is 19.8 Å². The summed E-state index contributed by atoms with van der Waals surface area (Å²) >= 11 is 0. The first kappa shape index (κ1) is 9.03. The van der Waals surface area contributed by atoms with Crippen LogP contribution in [0.3, 0.4) is 0 Å². The summed E-state index contributed by atoms with van der Waals surface area (Å²) in [4.78, 5) is 21.4. The third kappa shape index (κ3) is 1.17. The summed E-state index contributed by atoms with van der Waals surface area (Å²) in [7, 11) is 0. The molecule has 4 nitrogen and oxygen atoms in total. The van der Waals surface area contributed by atoms with E-state index < -0.39 is 23.3 Å². The van der Waals surface area contributed by atoms with E-state index in [1.165, 1.54) is 6.92 Å². The number of hydrogen-bond acceptors (Lipinski definition) is 2. The van der Waals surface area contributed by atoms with Gasteiger partial charge in [0.1, 0.15) is 0 Å². The van der Waals surface area contributed by atoms with Gasteiger partial charge in [0.2, 0.25) is 0 Å². The van der Waals surface area contributed by atoms with Crippen LogP contribution in [0, 0.1) is 11.3 Å². The van der Waals surface area contributed by atoms with Gasteiger partial charge in [0, 0.05) is 0 Å². The van der Waals surface area contributed by atoms with Crippen LogP contribution in [0.2, 0.25) is 0 Å². The second-order valence-electron chi connectivity index (χ2n) is 3.51. The lowest BCUT2D eigenvalue weighted by molar-refractivity contribution is -0.159. The summed E-state index contributed by atoms with van der Waals surface area (Å²) in [6, 6.07) is 0. The largest absolute Gasteiger partial charge is 0.481 e. The van der Waals surface area contributed by atoms with E-state index in [4.69, 9.17) is 10.2 Å². The first-order valence-corrected chi connectivity index (χ1v) is 3.94. The molecular weight excluding hydrogens is 160 g/mol. The molecular formula is C8H12O4. The van der Waals surface area contributed by atoms with Gasteiger partial charge in [-0.15, -0.1) is 0 Å². The van der Waals surface area contributed by atoms with Gasteiger partial charge < -0.3 is 10.2 Å². The number of rotatable bonds is 2. The third-order valence-corrected chi connectivity index (χ3v) is 2.74. The second kappa shape index (κ2) is 2.77. The standard InChI is InChI=1S/C8H12O4/c1-8(7(11)12)4-2-3-5(8)6(9)10/h5H,2-4H2,1H3,(H,9,10)(H,11,12)/t5-,8+/m0/s1. The highest BCUT2D eigenvalue weighted by Crippen LogP contribution is 2.43. The Morgan fingerprint density at radius 3 is 2.33 bits per heavy atom. The fraction of sp³-hybridized carbons (Fsp3) is 0.750. The Hall–Kier alpha value is -1.06. The van der Waals surface area contributed by atoms with Crippen molar-refractivity contribution in [3.8, 4) is 0 Å². The Labute approximate surface area is 70.2 Å². The maximum absolute atomic E-state index is 10.8. The monoisotopic (exact) mass is 172 g/mol. The molecule has 0 spiro atoms. The fourth-order valence-corrected chi connectivity index (χ4v) is 1.82. The predicted octanol–water partition coefficient (Wildman–Crippen LogP) is 0.962. The van der Waals surface area contributed by atoms with Gasteiger partial charge >= 0.3 is 11.9 Å². The molecule has 1 aliphatic rings. The number of carbonyl (C=O) groups is 2. The highest BCUT2D eigenvalue weighted by atomic mass is 16.4. The normalized spacial score (nSPS) is 34.9. The lowest BCUT2D eigenvalue weighted by atomic mass is 9.80. The molecule has 0 aromatic heterocycles. The zero-order valence-corrected chi connectivity index (χ0v) is 6.91. The van der Waals surface area contributed by atoms with Gasteiger partial charge in [-0.2, -0.15) is 0 Å². The number of carboxylic acid groups (broad SMARTS) is 2. The van der Waals surface area contributed by atoms with E-state index in [1.807, 2.05) is 0 Å². The molecule has 0 radical (unpaired) electrons. The van der Waals surface area contributed by atoms with Crippen LogP contribution in [0.5, 0.6) is 0 Å². The van der Waals surface area contributed by atoms with Crippen LogP contribution in [-0.2, 0) is 9.59 Å². The van der Waals surface area contributed by atoms with Gasteiger partial charge in [0.25, 0.3) is 0 Å². The summed E-state index contributed by atoms with van der Waals surface area (Å²) in [5, 5.41) is 17.6. The Morgan fingerprint density at radius 1 is 1.42 bits per heavy atom. The van der Waals surface area contributed by atoms with Crippen LogP contribution in [-0.4, -0.2) is 22.2 Å². The molecule has 0 heterocycles. The molecule has 4 heteroatoms. The van der Waals surface area contributed by atoms with Crippen LogP contribution < -0.4 is 0 Å². The van der Waals surface area contributed by atoms with E-state index in [1.54, 1.807) is 0 Å². The number of aliphatic carboxylic acids is 2. The van der Waals surface area contributed by atoms with Crippen LogP contribution in [0.4, 0.5) is 0 Å². The Bertz CT molecular complexity index is 223. The van der Waals surface area contributed by atoms with Crippen molar-refractivity contribution in [1.29, 1.82) is 0 Å². The van der Waals surface area contributed by atoms with Crippen molar-refractivity contribution in [2.75, 3.05) is 0 Å². The van der Waals surface area contributed by atoms with Crippen LogP contribution in [0.25, 0.3) is 0 Å². The molecule has 0 bridgehead atoms. The molecule has 1 aliphatic carbocycles. The van der Waals surface area contributed by atoms with Gasteiger partial charge in [-0.3, -0.25) is 9.59 Å². The summed E-state index contributed by atoms with van der Waals surface area (Å²) in [5.41, 5.74) is -1.05. The zero-order valence-electron chi connectivity index (χ0n) is 6.91. The molecule has 68 valence electrons. The summed E-state index contributed by atoms with van der Waals surface area (Å²) in [6.45, 7) is 1.52. The smallest absolute Gasteiger partial charge is 0.310 e. The molecule has 2 atom stereocenters. The fourth-order valence-electron chi connectivity index (χ4n) is 1.82. The molecule has 0 saturated heterocycles. The molecule has 0 aromatic carbocycles. The molecule has 0 aliphatic heterocycles. The predicted molar refractivity (Wildman–Crippen MR) is 40.7 cm³/mol. The molecule has 1 fully saturated rings. The minimum absolute atomic E-state index is 0.472. The molecule has 0 amide bonds. The highest BCUT2D eigenvalue weighted by Gasteiger charge is 2.48. The van der Waals surface area contributed by atoms with E-state index in [0.29, 0.717) is 19.3 Å². The topological polar surface area (TPSA) is 74.6 Å². The van der Waals surface area contributed by atoms with E-state index in [0.717, 1.165) is 0 Å². The number of carboxylic acids is 2. The van der Waals surface area contributed by atoms with Crippen molar-refractivity contribution >= 4 is 11.9 Å². The third-order valence-electron chi connectivity index (χ3n) is 2.74. The molecule has 12 heavy (non-hydrogen) atoms. The first-order valence-electron chi connectivity index (χ1n) is 3.94. The summed E-state index contributed by atoms with van der Waals surface area (Å²) in [6.07, 6.45) is 1.65. The minimum atomic E-state index is -1.05. The summed E-state index contributed by atoms with van der Waals surface area (Å²) < 4.78 is 0. The molecule has 1 saturated carbocycles. The quantitative estimate of drug-likeness (QED) is 0.650. The molecule has 2 N–H and O–H groups in total. The van der Waals surface area contributed by atoms with Gasteiger partial charge in [-0.1, -0.05) is 6.42 Å². The summed E-state index contributed by atoms with van der Waals surface area (Å²) in [5.74, 6) is -2.69. The maximum atomic E-state index is 10.8. The molecule has 0 unspecified atom stereocenters. The first-order chi connectivity index (χ1) is 5.48. The van der Waals surface area contributed by atoms with Crippen molar-refractivity contribution in [3.63, 3.8) is 0 Å². The minimum Gasteiger partial charge on any atom is -0.481 e. The van der Waals surface area contributed by atoms with E-state index in [9.17, 15) is 9.59 Å². The highest BCUT2D eigenvalue weighted by molar-refractivity contribution is 5.83. The van der Waals surface area contributed by atoms with E-state index in [-0.39, 0.29) is 0 Å². The van der Waals surface area contributed by atoms with Crippen molar-refractivity contribution in [2.45, 2.75) is 26.2 Å². The maximum Gasteiger partial charge on any atom is 0.310 e. The second-order valence-corrected chi connectivity index (χ2v) is 3.51. The molecule has 0 aromatic rings. The average molecular weight is 172 g/mol. The van der Waals surface area contributed by atoms with Gasteiger partial charge in [-0.05, 0) is 19.8 Å². The number of hydrogen-bond donors (Lipinski definition) is 2. The van der Waals surface area contributed by atoms with E-state index >= 15 is 0 Å². The Morgan fingerprint density at radius 2 is 2.00 bits per heavy atom. The lowest BCUT2D eigenvalue weighted by Crippen LogP contribution is -2.35. The van der Waals surface area contributed by atoms with Crippen molar-refractivity contribution in [2.24, 2.45) is 11.3 Å². The van der Waals surface area contributed by atoms with Crippen LogP contribution in [0.15, 0.2) is 0 Å². The van der Waals surface area contributed by atoms with Crippen molar-refractivity contribution in [1.82, 2.24) is 0 Å². The van der Waals surface area contributed by atoms with Crippen molar-refractivity contribution in [3.05, 3.63) is 0 Å². The van der Waals surface area contributed by atoms with Gasteiger partial charge in [0.15, 0.2) is 0 Å². The zero-order chi connectivity index (χ0) is 9.35. The Kier molecular flexibility index (Phi) is 2.08. The van der Waals surface area contributed by atoms with Crippen LogP contribution >= 0.6 is 0 Å². The SMILES string of the molecule is C[C@@]1(C(=O)O)CCC[C@H]1C(=O)O. The van der Waals surface area contributed by atoms with E-state index in [2.05, 4.69) is 0 Å². The van der Waals surface area contributed by atoms with Gasteiger partial charge in [-0.25, -0.2) is 0 Å². The van der Waals surface area contributed by atoms with Crippen LogP contribution in [0.1, 0.15) is 26.2 Å². The van der Waals surface area contributed by atoms with Gasteiger partial charge in [0.05, 0.1) is 11.3 Å². The molecule has 1 rings (SSSR count). The average Bonchev–Trinajstić information content (AvgIpc) is 2.32. The lowest BCUT2D eigenvalue weighted by Gasteiger charge is -2.22. The Balaban J connectivity index is 2.89.